The highest BCUT2D eigenvalue weighted by atomic mass is 127. The molecule has 10 heteroatoms. The van der Waals surface area contributed by atoms with Crippen molar-refractivity contribution in [1.29, 1.82) is 0 Å². The molecule has 0 aromatic heterocycles. The van der Waals surface area contributed by atoms with Crippen LogP contribution in [-0.4, -0.2) is 28.0 Å². The summed E-state index contributed by atoms with van der Waals surface area (Å²) in [6.07, 6.45) is 1.54. The summed E-state index contributed by atoms with van der Waals surface area (Å²) in [6.45, 7) is 2.20. The van der Waals surface area contributed by atoms with Crippen LogP contribution in [0.5, 0.6) is 5.75 Å². The summed E-state index contributed by atoms with van der Waals surface area (Å²) in [5, 5.41) is 11.7. The molecule has 1 aliphatic heterocycles. The molecule has 0 aliphatic carbocycles. The van der Waals surface area contributed by atoms with Crippen LogP contribution in [0.3, 0.4) is 0 Å². The molecule has 0 bridgehead atoms. The summed E-state index contributed by atoms with van der Waals surface area (Å²) in [4.78, 5) is 38.2. The fraction of sp³-hybridized carbons (Fsp3) is 0.0769. The number of amides is 2. The molecule has 36 heavy (non-hydrogen) atoms. The van der Waals surface area contributed by atoms with E-state index in [-0.39, 0.29) is 22.9 Å². The van der Waals surface area contributed by atoms with Gasteiger partial charge in [-0.05, 0) is 118 Å². The number of carbonyl (C=O) groups is 3. The predicted molar refractivity (Wildman–Crippen MR) is 157 cm³/mol. The lowest BCUT2D eigenvalue weighted by Crippen LogP contribution is -2.54. The minimum Gasteiger partial charge on any atom is -0.487 e. The number of aryl methyl sites for hydroxylation is 1. The zero-order valence-electron chi connectivity index (χ0n) is 18.7. The lowest BCUT2D eigenvalue weighted by atomic mass is 10.1. The van der Waals surface area contributed by atoms with E-state index in [9.17, 15) is 14.4 Å². The Balaban J connectivity index is 1.57. The van der Waals surface area contributed by atoms with Crippen molar-refractivity contribution in [2.24, 2.45) is 0 Å². The van der Waals surface area contributed by atoms with Crippen molar-refractivity contribution >= 4 is 92.1 Å². The number of anilines is 1. The number of hydrogen-bond acceptors (Lipinski definition) is 5. The maximum Gasteiger partial charge on any atom is 0.335 e. The number of rotatable bonds is 6. The number of benzene rings is 3. The number of carboxylic acid groups (broad SMARTS) is 1. The first-order valence-electron chi connectivity index (χ1n) is 10.6. The first-order valence-corrected chi connectivity index (χ1v) is 13.1. The van der Waals surface area contributed by atoms with Gasteiger partial charge in [0.05, 0.1) is 18.4 Å². The van der Waals surface area contributed by atoms with Gasteiger partial charge < -0.3 is 9.84 Å². The van der Waals surface area contributed by atoms with Gasteiger partial charge in [-0.15, -0.1) is 0 Å². The number of nitrogens with zero attached hydrogens (tertiary/aromatic N) is 1. The van der Waals surface area contributed by atoms with Gasteiger partial charge >= 0.3 is 5.97 Å². The summed E-state index contributed by atoms with van der Waals surface area (Å²) >= 11 is 9.54. The second-order valence-corrected chi connectivity index (χ2v) is 10.6. The maximum absolute atomic E-state index is 13.2. The number of carboxylic acids is 1. The van der Waals surface area contributed by atoms with E-state index in [1.807, 2.05) is 31.2 Å². The highest BCUT2D eigenvalue weighted by molar-refractivity contribution is 14.1. The molecule has 3 aromatic rings. The van der Waals surface area contributed by atoms with Gasteiger partial charge in [-0.25, -0.2) is 4.79 Å². The van der Waals surface area contributed by atoms with Gasteiger partial charge in [0.25, 0.3) is 11.8 Å². The SMILES string of the molecule is Cc1ccc(N2C(=O)/C(=C/c3cc(I)c(OCc4ccc(C(=O)O)cc4)c(I)c3)C(=O)NC2=S)cc1. The summed E-state index contributed by atoms with van der Waals surface area (Å²) in [6, 6.07) is 17.4. The molecule has 1 fully saturated rings. The third-order valence-corrected chi connectivity index (χ3v) is 7.20. The summed E-state index contributed by atoms with van der Waals surface area (Å²) in [5.74, 6) is -1.38. The topological polar surface area (TPSA) is 95.9 Å². The summed E-state index contributed by atoms with van der Waals surface area (Å²) < 4.78 is 7.57. The van der Waals surface area contributed by atoms with Crippen molar-refractivity contribution in [3.05, 3.63) is 95.6 Å². The number of halogens is 2. The Morgan fingerprint density at radius 3 is 2.25 bits per heavy atom. The third-order valence-electron chi connectivity index (χ3n) is 5.31. The number of hydrogen-bond donors (Lipinski definition) is 2. The van der Waals surface area contributed by atoms with Gasteiger partial charge in [-0.2, -0.15) is 0 Å². The molecular weight excluding hydrogens is 706 g/mol. The normalized spacial score (nSPS) is 14.7. The number of thiocarbonyl (C=S) groups is 1. The van der Waals surface area contributed by atoms with Crippen molar-refractivity contribution < 1.29 is 24.2 Å². The molecule has 3 aromatic carbocycles. The van der Waals surface area contributed by atoms with E-state index in [1.54, 1.807) is 30.3 Å². The smallest absolute Gasteiger partial charge is 0.335 e. The predicted octanol–water partition coefficient (Wildman–Crippen LogP) is 5.31. The average molecular weight is 724 g/mol. The Kier molecular flexibility index (Phi) is 8.05. The van der Waals surface area contributed by atoms with Gasteiger partial charge in [-0.3, -0.25) is 19.8 Å². The van der Waals surface area contributed by atoms with E-state index in [2.05, 4.69) is 50.5 Å². The molecule has 2 N–H and O–H groups in total. The Bertz CT molecular complexity index is 1400. The Hall–Kier alpha value is -2.84. The van der Waals surface area contributed by atoms with Crippen LogP contribution in [0.4, 0.5) is 5.69 Å². The van der Waals surface area contributed by atoms with Crippen LogP contribution in [0.2, 0.25) is 0 Å². The molecule has 2 amide bonds. The largest absolute Gasteiger partial charge is 0.487 e. The van der Waals surface area contributed by atoms with E-state index in [1.165, 1.54) is 17.0 Å². The Morgan fingerprint density at radius 2 is 1.67 bits per heavy atom. The lowest BCUT2D eigenvalue weighted by Gasteiger charge is -2.29. The van der Waals surface area contributed by atoms with E-state index in [0.29, 0.717) is 17.0 Å². The molecule has 0 atom stereocenters. The second kappa shape index (κ2) is 11.0. The van der Waals surface area contributed by atoms with Crippen molar-refractivity contribution in [3.8, 4) is 5.75 Å². The average Bonchev–Trinajstić information content (AvgIpc) is 2.82. The first-order chi connectivity index (χ1) is 17.1. The van der Waals surface area contributed by atoms with Crippen LogP contribution in [-0.2, 0) is 16.2 Å². The van der Waals surface area contributed by atoms with E-state index in [4.69, 9.17) is 22.1 Å². The molecular formula is C26H18I2N2O5S. The third kappa shape index (κ3) is 5.76. The number of nitrogens with one attached hydrogen (secondary N) is 1. The quantitative estimate of drug-likeness (QED) is 0.155. The molecule has 1 heterocycles. The van der Waals surface area contributed by atoms with Gasteiger partial charge in [0, 0.05) is 0 Å². The molecule has 7 nitrogen and oxygen atoms in total. The van der Waals surface area contributed by atoms with E-state index in [0.717, 1.165) is 18.3 Å². The van der Waals surface area contributed by atoms with Gasteiger partial charge in [0.2, 0.25) is 0 Å². The van der Waals surface area contributed by atoms with Crippen molar-refractivity contribution in [2.75, 3.05) is 4.90 Å². The molecule has 4 rings (SSSR count). The van der Waals surface area contributed by atoms with Crippen LogP contribution in [0.15, 0.2) is 66.2 Å². The van der Waals surface area contributed by atoms with Crippen molar-refractivity contribution in [2.45, 2.75) is 13.5 Å². The molecule has 0 unspecified atom stereocenters. The van der Waals surface area contributed by atoms with Crippen molar-refractivity contribution in [3.63, 3.8) is 0 Å². The van der Waals surface area contributed by atoms with Gasteiger partial charge in [-0.1, -0.05) is 29.8 Å². The zero-order valence-corrected chi connectivity index (χ0v) is 23.9. The first kappa shape index (κ1) is 26.2. The molecule has 0 spiro atoms. The zero-order chi connectivity index (χ0) is 26.0. The minimum atomic E-state index is -0.981. The fourth-order valence-electron chi connectivity index (χ4n) is 3.45. The molecule has 0 saturated carbocycles. The molecule has 0 radical (unpaired) electrons. The standard InChI is InChI=1S/C26H18I2N2O5S/c1-14-2-8-18(9-3-14)30-24(32)19(23(31)29-26(30)36)10-16-11-20(27)22(21(28)12-16)35-13-15-4-6-17(7-5-15)25(33)34/h2-12H,13H2,1H3,(H,33,34)(H,29,31,36)/b19-10+. The summed E-state index contributed by atoms with van der Waals surface area (Å²) in [7, 11) is 0. The van der Waals surface area contributed by atoms with Crippen LogP contribution in [0, 0.1) is 14.1 Å². The van der Waals surface area contributed by atoms with Crippen LogP contribution in [0.25, 0.3) is 6.08 Å². The maximum atomic E-state index is 13.2. The number of aromatic carboxylic acids is 1. The Labute approximate surface area is 239 Å². The highest BCUT2D eigenvalue weighted by Crippen LogP contribution is 2.31. The van der Waals surface area contributed by atoms with Crippen molar-refractivity contribution in [1.82, 2.24) is 5.32 Å². The van der Waals surface area contributed by atoms with Crippen LogP contribution < -0.4 is 15.0 Å². The fourth-order valence-corrected chi connectivity index (χ4v) is 5.86. The number of carbonyl (C=O) groups excluding carboxylic acids is 2. The Morgan fingerprint density at radius 1 is 1.06 bits per heavy atom. The lowest BCUT2D eigenvalue weighted by molar-refractivity contribution is -0.122. The summed E-state index contributed by atoms with van der Waals surface area (Å²) in [5.41, 5.74) is 3.29. The monoisotopic (exact) mass is 724 g/mol. The van der Waals surface area contributed by atoms with Gasteiger partial charge in [0.1, 0.15) is 17.9 Å². The molecule has 182 valence electrons. The second-order valence-electron chi connectivity index (χ2n) is 7.90. The van der Waals surface area contributed by atoms with Crippen LogP contribution in [0.1, 0.15) is 27.0 Å². The highest BCUT2D eigenvalue weighted by Gasteiger charge is 2.34. The van der Waals surface area contributed by atoms with Gasteiger partial charge in [0.15, 0.2) is 5.11 Å². The minimum absolute atomic E-state index is 0.0250. The molecule has 1 aliphatic rings. The molecule has 1 saturated heterocycles. The van der Waals surface area contributed by atoms with E-state index >= 15 is 0 Å². The van der Waals surface area contributed by atoms with Crippen LogP contribution >= 0.6 is 57.4 Å². The van der Waals surface area contributed by atoms with E-state index < -0.39 is 17.8 Å². The number of ether oxygens (including phenoxy) is 1.